The number of nitrogens with one attached hydrogen (secondary N) is 1. The molecule has 3 fully saturated rings. The SMILES string of the molecule is C#Cc1c(F)ccc2cc(O)cc(-c3nc4c5c(nc(OC[C@@]67CCCN6CC(F)C7)nc5c3F)N3CCCOC[C@@H]3CCN4)c12. The molecule has 2 N–H and O–H groups in total. The summed E-state index contributed by atoms with van der Waals surface area (Å²) >= 11 is 0. The maximum Gasteiger partial charge on any atom is 0.319 e. The molecule has 0 amide bonds. The fraction of sp³-hybridized carbons (Fsp3) is 0.441. The number of nitrogens with zero attached hydrogens (tertiary/aromatic N) is 5. The average Bonchev–Trinajstić information content (AvgIpc) is 3.46. The van der Waals surface area contributed by atoms with E-state index >= 15 is 4.39 Å². The summed E-state index contributed by atoms with van der Waals surface area (Å²) in [6.45, 7) is 3.58. The maximum atomic E-state index is 17.0. The van der Waals surface area contributed by atoms with E-state index in [4.69, 9.17) is 25.9 Å². The van der Waals surface area contributed by atoms with Crippen LogP contribution in [0.5, 0.6) is 11.8 Å². The van der Waals surface area contributed by atoms with Crippen LogP contribution in [0.25, 0.3) is 32.9 Å². The van der Waals surface area contributed by atoms with E-state index in [1.165, 1.54) is 24.3 Å². The Bertz CT molecular complexity index is 1920. The number of benzene rings is 2. The molecule has 3 saturated heterocycles. The number of terminal acetylenes is 1. The number of phenolic OH excluding ortho intramolecular Hbond substituents is 1. The van der Waals surface area contributed by atoms with Crippen molar-refractivity contribution in [2.45, 2.75) is 49.9 Å². The van der Waals surface area contributed by atoms with Gasteiger partial charge in [-0.05, 0) is 55.8 Å². The second-order valence-electron chi connectivity index (χ2n) is 12.7. The Morgan fingerprint density at radius 2 is 2.04 bits per heavy atom. The quantitative estimate of drug-likeness (QED) is 0.296. The largest absolute Gasteiger partial charge is 0.508 e. The maximum absolute atomic E-state index is 17.0. The Kier molecular flexibility index (Phi) is 7.06. The highest BCUT2D eigenvalue weighted by Crippen LogP contribution is 2.44. The molecule has 4 aromatic rings. The van der Waals surface area contributed by atoms with Crippen molar-refractivity contribution in [3.63, 3.8) is 0 Å². The first-order valence-electron chi connectivity index (χ1n) is 15.8. The van der Waals surface area contributed by atoms with E-state index in [1.807, 2.05) is 0 Å². The zero-order valence-corrected chi connectivity index (χ0v) is 25.2. The van der Waals surface area contributed by atoms with Crippen molar-refractivity contribution >= 4 is 33.3 Å². The lowest BCUT2D eigenvalue weighted by molar-refractivity contribution is 0.107. The number of aromatic hydroxyl groups is 1. The highest BCUT2D eigenvalue weighted by atomic mass is 19.1. The summed E-state index contributed by atoms with van der Waals surface area (Å²) in [5.74, 6) is 1.62. The minimum absolute atomic E-state index is 0.0198. The summed E-state index contributed by atoms with van der Waals surface area (Å²) in [6, 6.07) is 5.43. The first-order valence-corrected chi connectivity index (χ1v) is 15.8. The van der Waals surface area contributed by atoms with Crippen molar-refractivity contribution in [2.24, 2.45) is 0 Å². The van der Waals surface area contributed by atoms with Crippen LogP contribution in [-0.4, -0.2) is 88.7 Å². The van der Waals surface area contributed by atoms with Crippen molar-refractivity contribution in [3.8, 4) is 35.4 Å². The van der Waals surface area contributed by atoms with Gasteiger partial charge in [-0.1, -0.05) is 12.0 Å². The zero-order valence-electron chi connectivity index (χ0n) is 25.2. The molecular formula is C34H33F3N6O3. The second-order valence-corrected chi connectivity index (χ2v) is 12.7. The van der Waals surface area contributed by atoms with Crippen LogP contribution in [0.3, 0.4) is 0 Å². The molecule has 6 heterocycles. The van der Waals surface area contributed by atoms with E-state index < -0.39 is 23.3 Å². The number of alkyl halides is 1. The lowest BCUT2D eigenvalue weighted by atomic mass is 9.95. The molecule has 46 heavy (non-hydrogen) atoms. The third-order valence-electron chi connectivity index (χ3n) is 9.91. The standard InChI is InChI=1S/C34H33F3N6O3/c1-2-23-25(36)6-5-19-13-22(44)14-24(26(19)23)29-28(37)30-27-31(39-29)38-9-7-21-17-45-12-4-11-43(21)32(27)41-33(40-30)46-18-34-8-3-10-42(34)16-20(35)15-34/h1,5-6,13-14,20-21,44H,3-4,7-12,15-18H2,(H,38,39)/t20?,21-,34-/m0/s1. The van der Waals surface area contributed by atoms with Crippen molar-refractivity contribution in [1.82, 2.24) is 19.9 Å². The number of hydrogen-bond acceptors (Lipinski definition) is 9. The number of halogens is 3. The van der Waals surface area contributed by atoms with Gasteiger partial charge >= 0.3 is 6.01 Å². The van der Waals surface area contributed by atoms with Crippen LogP contribution in [0.4, 0.5) is 24.8 Å². The molecule has 0 spiro atoms. The predicted octanol–water partition coefficient (Wildman–Crippen LogP) is 5.18. The predicted molar refractivity (Wildman–Crippen MR) is 168 cm³/mol. The van der Waals surface area contributed by atoms with Gasteiger partial charge in [0.15, 0.2) is 5.82 Å². The van der Waals surface area contributed by atoms with Crippen LogP contribution in [0.15, 0.2) is 24.3 Å². The summed E-state index contributed by atoms with van der Waals surface area (Å²) in [6.07, 6.45) is 8.36. The van der Waals surface area contributed by atoms with E-state index in [9.17, 15) is 13.9 Å². The molecule has 12 heteroatoms. The number of fused-ring (bicyclic) bond motifs is 4. The molecule has 8 rings (SSSR count). The molecule has 0 aliphatic carbocycles. The number of phenols is 1. The fourth-order valence-electron chi connectivity index (χ4n) is 7.82. The first-order chi connectivity index (χ1) is 22.3. The lowest BCUT2D eigenvalue weighted by Gasteiger charge is -2.34. The van der Waals surface area contributed by atoms with Gasteiger partial charge in [-0.3, -0.25) is 4.90 Å². The van der Waals surface area contributed by atoms with Crippen LogP contribution in [-0.2, 0) is 4.74 Å². The zero-order chi connectivity index (χ0) is 31.6. The van der Waals surface area contributed by atoms with Crippen LogP contribution in [0.2, 0.25) is 0 Å². The molecular weight excluding hydrogens is 597 g/mol. The topological polar surface area (TPSA) is 95.9 Å². The summed E-state index contributed by atoms with van der Waals surface area (Å²) < 4.78 is 58.6. The molecule has 9 nitrogen and oxygen atoms in total. The van der Waals surface area contributed by atoms with E-state index in [1.54, 1.807) is 0 Å². The Morgan fingerprint density at radius 3 is 2.91 bits per heavy atom. The molecule has 3 atom stereocenters. The van der Waals surface area contributed by atoms with Gasteiger partial charge in [0.2, 0.25) is 0 Å². The molecule has 238 valence electrons. The summed E-state index contributed by atoms with van der Waals surface area (Å²) in [7, 11) is 0. The molecule has 0 bridgehead atoms. The number of rotatable bonds is 4. The van der Waals surface area contributed by atoms with E-state index in [-0.39, 0.29) is 52.1 Å². The van der Waals surface area contributed by atoms with Gasteiger partial charge in [-0.25, -0.2) is 18.2 Å². The third kappa shape index (κ3) is 4.67. The van der Waals surface area contributed by atoms with E-state index in [0.29, 0.717) is 68.1 Å². The molecule has 0 radical (unpaired) electrons. The fourth-order valence-corrected chi connectivity index (χ4v) is 7.82. The van der Waals surface area contributed by atoms with E-state index in [0.717, 1.165) is 25.8 Å². The number of ether oxygens (including phenoxy) is 2. The number of pyridine rings is 1. The second kappa shape index (κ2) is 11.2. The Hall–Kier alpha value is -4.34. The monoisotopic (exact) mass is 630 g/mol. The number of aromatic nitrogens is 3. The molecule has 2 aromatic heterocycles. The van der Waals surface area contributed by atoms with E-state index in [2.05, 4.69) is 26.0 Å². The average molecular weight is 631 g/mol. The molecule has 2 aromatic carbocycles. The van der Waals surface area contributed by atoms with Gasteiger partial charge < -0.3 is 24.8 Å². The van der Waals surface area contributed by atoms with Gasteiger partial charge in [-0.2, -0.15) is 9.97 Å². The van der Waals surface area contributed by atoms with Gasteiger partial charge in [-0.15, -0.1) is 6.42 Å². The van der Waals surface area contributed by atoms with Gasteiger partial charge in [0.25, 0.3) is 0 Å². The molecule has 0 saturated carbocycles. The summed E-state index contributed by atoms with van der Waals surface area (Å²) in [4.78, 5) is 18.5. The highest BCUT2D eigenvalue weighted by Gasteiger charge is 2.49. The minimum Gasteiger partial charge on any atom is -0.508 e. The molecule has 1 unspecified atom stereocenters. The highest BCUT2D eigenvalue weighted by molar-refractivity contribution is 6.05. The van der Waals surface area contributed by atoms with Crippen molar-refractivity contribution < 1.29 is 27.8 Å². The molecule has 4 aliphatic rings. The van der Waals surface area contributed by atoms with Crippen molar-refractivity contribution in [1.29, 1.82) is 0 Å². The lowest BCUT2D eigenvalue weighted by Crippen LogP contribution is -2.43. The number of anilines is 2. The third-order valence-corrected chi connectivity index (χ3v) is 9.91. The van der Waals surface area contributed by atoms with Crippen molar-refractivity contribution in [3.05, 3.63) is 41.5 Å². The van der Waals surface area contributed by atoms with Gasteiger partial charge in [0.05, 0.1) is 29.1 Å². The Labute approximate surface area is 263 Å². The normalized spacial score (nSPS) is 24.5. The summed E-state index contributed by atoms with van der Waals surface area (Å²) in [5.41, 5.74) is -0.573. The van der Waals surface area contributed by atoms with Crippen LogP contribution < -0.4 is 15.0 Å². The number of hydrogen-bond donors (Lipinski definition) is 2. The Morgan fingerprint density at radius 1 is 1.15 bits per heavy atom. The van der Waals surface area contributed by atoms with Crippen molar-refractivity contribution in [2.75, 3.05) is 56.2 Å². The summed E-state index contributed by atoms with van der Waals surface area (Å²) in [5, 5.41) is 15.1. The first kappa shape index (κ1) is 29.1. The molecule has 4 aliphatic heterocycles. The van der Waals surface area contributed by atoms with Crippen LogP contribution in [0, 0.1) is 24.0 Å². The van der Waals surface area contributed by atoms with Gasteiger partial charge in [0, 0.05) is 43.6 Å². The Balaban J connectivity index is 1.34. The van der Waals surface area contributed by atoms with Crippen LogP contribution in [0.1, 0.15) is 37.7 Å². The van der Waals surface area contributed by atoms with Crippen LogP contribution >= 0.6 is 0 Å². The minimum atomic E-state index is -0.928. The smallest absolute Gasteiger partial charge is 0.319 e. The van der Waals surface area contributed by atoms with Gasteiger partial charge in [0.1, 0.15) is 47.2 Å².